The van der Waals surface area contributed by atoms with Crippen molar-refractivity contribution in [2.24, 2.45) is 5.92 Å². The minimum absolute atomic E-state index is 0.311. The molecule has 0 heterocycles. The average Bonchev–Trinajstić information content (AvgIpc) is 2.24. The molecule has 0 amide bonds. The number of carboxylic acid groups (broad SMARTS) is 1. The van der Waals surface area contributed by atoms with Gasteiger partial charge in [0.2, 0.25) is 0 Å². The molecule has 0 aromatic carbocycles. The maximum absolute atomic E-state index is 12.2. The Morgan fingerprint density at radius 2 is 1.94 bits per heavy atom. The Hall–Kier alpha value is -0.820. The van der Waals surface area contributed by atoms with Gasteiger partial charge < -0.3 is 15.2 Å². The number of aliphatic carboxylic acids is 1. The van der Waals surface area contributed by atoms with Crippen molar-refractivity contribution in [2.45, 2.75) is 32.4 Å². The van der Waals surface area contributed by atoms with Gasteiger partial charge in [-0.3, -0.25) is 4.79 Å². The van der Waals surface area contributed by atoms with Crippen molar-refractivity contribution in [2.75, 3.05) is 26.3 Å². The van der Waals surface area contributed by atoms with E-state index in [0.717, 1.165) is 12.8 Å². The van der Waals surface area contributed by atoms with E-state index < -0.39 is 24.6 Å². The summed E-state index contributed by atoms with van der Waals surface area (Å²) in [6, 6.07) is 0. The van der Waals surface area contributed by atoms with Gasteiger partial charge >= 0.3 is 12.1 Å². The third kappa shape index (κ3) is 8.30. The molecule has 0 saturated heterocycles. The van der Waals surface area contributed by atoms with Crippen molar-refractivity contribution >= 4 is 5.97 Å². The van der Waals surface area contributed by atoms with E-state index >= 15 is 0 Å². The first kappa shape index (κ1) is 17.2. The predicted molar refractivity (Wildman–Crippen MR) is 60.4 cm³/mol. The summed E-state index contributed by atoms with van der Waals surface area (Å²) in [5.74, 6) is -4.20. The fourth-order valence-corrected chi connectivity index (χ4v) is 1.24. The van der Waals surface area contributed by atoms with Gasteiger partial charge in [-0.15, -0.1) is 0 Å². The Labute approximate surface area is 105 Å². The third-order valence-corrected chi connectivity index (χ3v) is 2.33. The lowest BCUT2D eigenvalue weighted by molar-refractivity contribution is -0.192. The van der Waals surface area contributed by atoms with Crippen LogP contribution in [0, 0.1) is 5.92 Å². The zero-order valence-electron chi connectivity index (χ0n) is 10.4. The molecule has 0 aromatic rings. The first-order valence-electron chi connectivity index (χ1n) is 5.97. The van der Waals surface area contributed by atoms with E-state index in [1.54, 1.807) is 0 Å². The van der Waals surface area contributed by atoms with Gasteiger partial charge in [-0.05, 0) is 19.4 Å². The van der Waals surface area contributed by atoms with E-state index in [4.69, 9.17) is 9.84 Å². The van der Waals surface area contributed by atoms with Gasteiger partial charge in [0, 0.05) is 19.8 Å². The summed E-state index contributed by atoms with van der Waals surface area (Å²) in [4.78, 5) is 10.4. The van der Waals surface area contributed by atoms with Crippen LogP contribution in [0.2, 0.25) is 0 Å². The highest BCUT2D eigenvalue weighted by Crippen LogP contribution is 2.25. The second kappa shape index (κ2) is 9.16. The van der Waals surface area contributed by atoms with Gasteiger partial charge in [0.15, 0.2) is 5.92 Å². The lowest BCUT2D eigenvalue weighted by Crippen LogP contribution is -2.39. The van der Waals surface area contributed by atoms with Crippen molar-refractivity contribution < 1.29 is 27.8 Å². The van der Waals surface area contributed by atoms with E-state index in [1.807, 2.05) is 6.92 Å². The topological polar surface area (TPSA) is 58.6 Å². The van der Waals surface area contributed by atoms with Crippen LogP contribution in [-0.4, -0.2) is 43.6 Å². The Morgan fingerprint density at radius 1 is 1.33 bits per heavy atom. The highest BCUT2D eigenvalue weighted by Gasteiger charge is 2.44. The maximum Gasteiger partial charge on any atom is 0.403 e. The van der Waals surface area contributed by atoms with Gasteiger partial charge in [0.25, 0.3) is 0 Å². The van der Waals surface area contributed by atoms with E-state index in [9.17, 15) is 18.0 Å². The number of hydrogen-bond acceptors (Lipinski definition) is 3. The standard InChI is InChI=1S/C11H20F3NO3/c1-2-3-6-18-7-4-5-15-8-9(10(16)17)11(12,13)14/h9,15H,2-8H2,1H3,(H,16,17). The molecule has 108 valence electrons. The van der Waals surface area contributed by atoms with E-state index in [-0.39, 0.29) is 0 Å². The Bertz CT molecular complexity index is 234. The quantitative estimate of drug-likeness (QED) is 0.597. The molecule has 0 aliphatic carbocycles. The van der Waals surface area contributed by atoms with Gasteiger partial charge in [-0.2, -0.15) is 13.2 Å². The highest BCUT2D eigenvalue weighted by atomic mass is 19.4. The Balaban J connectivity index is 3.60. The summed E-state index contributed by atoms with van der Waals surface area (Å²) in [5, 5.41) is 10.9. The molecule has 1 atom stereocenters. The molecule has 1 unspecified atom stereocenters. The lowest BCUT2D eigenvalue weighted by atomic mass is 10.1. The molecule has 0 fully saturated rings. The van der Waals surface area contributed by atoms with Crippen LogP contribution >= 0.6 is 0 Å². The lowest BCUT2D eigenvalue weighted by Gasteiger charge is -2.16. The number of carboxylic acids is 1. The summed E-state index contributed by atoms with van der Waals surface area (Å²) in [5.41, 5.74) is 0. The van der Waals surface area contributed by atoms with Crippen molar-refractivity contribution in [3.63, 3.8) is 0 Å². The minimum Gasteiger partial charge on any atom is -0.481 e. The molecule has 4 nitrogen and oxygen atoms in total. The number of unbranched alkanes of at least 4 members (excludes halogenated alkanes) is 1. The fourth-order valence-electron chi connectivity index (χ4n) is 1.24. The van der Waals surface area contributed by atoms with Crippen molar-refractivity contribution in [3.8, 4) is 0 Å². The second-order valence-corrected chi connectivity index (χ2v) is 3.96. The van der Waals surface area contributed by atoms with E-state index in [0.29, 0.717) is 26.2 Å². The summed E-state index contributed by atoms with van der Waals surface area (Å²) < 4.78 is 41.9. The van der Waals surface area contributed by atoms with E-state index in [2.05, 4.69) is 5.32 Å². The smallest absolute Gasteiger partial charge is 0.403 e. The third-order valence-electron chi connectivity index (χ3n) is 2.33. The van der Waals surface area contributed by atoms with Crippen LogP contribution in [0.15, 0.2) is 0 Å². The van der Waals surface area contributed by atoms with Crippen LogP contribution in [0.5, 0.6) is 0 Å². The maximum atomic E-state index is 12.2. The molecular formula is C11H20F3NO3. The Morgan fingerprint density at radius 3 is 2.44 bits per heavy atom. The largest absolute Gasteiger partial charge is 0.481 e. The van der Waals surface area contributed by atoms with Crippen LogP contribution in [0.4, 0.5) is 13.2 Å². The number of carbonyl (C=O) groups is 1. The molecule has 0 spiro atoms. The normalized spacial score (nSPS) is 13.6. The first-order valence-corrected chi connectivity index (χ1v) is 5.97. The van der Waals surface area contributed by atoms with Crippen LogP contribution in [0.25, 0.3) is 0 Å². The minimum atomic E-state index is -4.71. The summed E-state index contributed by atoms with van der Waals surface area (Å²) in [6.45, 7) is 2.86. The Kier molecular flexibility index (Phi) is 8.74. The zero-order valence-corrected chi connectivity index (χ0v) is 10.4. The highest BCUT2D eigenvalue weighted by molar-refractivity contribution is 5.71. The first-order chi connectivity index (χ1) is 8.39. The molecule has 18 heavy (non-hydrogen) atoms. The van der Waals surface area contributed by atoms with Crippen molar-refractivity contribution in [1.29, 1.82) is 0 Å². The molecular weight excluding hydrogens is 251 g/mol. The molecule has 0 saturated carbocycles. The number of ether oxygens (including phenoxy) is 1. The van der Waals surface area contributed by atoms with E-state index in [1.165, 1.54) is 0 Å². The van der Waals surface area contributed by atoms with Crippen LogP contribution in [0.1, 0.15) is 26.2 Å². The van der Waals surface area contributed by atoms with Gasteiger partial charge in [-0.1, -0.05) is 13.3 Å². The molecule has 2 N–H and O–H groups in total. The van der Waals surface area contributed by atoms with Crippen LogP contribution in [-0.2, 0) is 9.53 Å². The zero-order chi connectivity index (χ0) is 14.0. The van der Waals surface area contributed by atoms with Crippen LogP contribution < -0.4 is 5.32 Å². The number of hydrogen-bond donors (Lipinski definition) is 2. The summed E-state index contributed by atoms with van der Waals surface area (Å²) >= 11 is 0. The molecule has 0 rings (SSSR count). The van der Waals surface area contributed by atoms with Gasteiger partial charge in [-0.25, -0.2) is 0 Å². The van der Waals surface area contributed by atoms with Crippen molar-refractivity contribution in [1.82, 2.24) is 5.32 Å². The average molecular weight is 271 g/mol. The van der Waals surface area contributed by atoms with Crippen LogP contribution in [0.3, 0.4) is 0 Å². The predicted octanol–water partition coefficient (Wildman–Crippen LogP) is 2.05. The summed E-state index contributed by atoms with van der Waals surface area (Å²) in [7, 11) is 0. The van der Waals surface area contributed by atoms with Gasteiger partial charge in [0.1, 0.15) is 0 Å². The number of alkyl halides is 3. The molecule has 0 aromatic heterocycles. The number of rotatable bonds is 10. The number of halogens is 3. The molecule has 0 radical (unpaired) electrons. The fraction of sp³-hybridized carbons (Fsp3) is 0.909. The molecule has 7 heteroatoms. The monoisotopic (exact) mass is 271 g/mol. The molecule has 0 aliphatic heterocycles. The van der Waals surface area contributed by atoms with Gasteiger partial charge in [0.05, 0.1) is 0 Å². The summed E-state index contributed by atoms with van der Waals surface area (Å²) in [6.07, 6.45) is -2.16. The molecule has 0 bridgehead atoms. The second-order valence-electron chi connectivity index (χ2n) is 3.96. The SMILES string of the molecule is CCCCOCCCNCC(C(=O)O)C(F)(F)F. The van der Waals surface area contributed by atoms with Crippen molar-refractivity contribution in [3.05, 3.63) is 0 Å². The number of nitrogens with one attached hydrogen (secondary N) is 1. The molecule has 0 aliphatic rings.